The number of carbonyl (C=O) groups is 1. The number of quaternary nitrogens is 1. The third-order valence-electron chi connectivity index (χ3n) is 2.81. The van der Waals surface area contributed by atoms with Crippen molar-refractivity contribution in [2.75, 3.05) is 0 Å². The third kappa shape index (κ3) is 4.93. The molecule has 112 valence electrons. The Balaban J connectivity index is 2.01. The minimum absolute atomic E-state index is 0.303. The molecule has 1 aromatic heterocycles. The second kappa shape index (κ2) is 7.18. The maximum Gasteiger partial charge on any atom is 0.262 e. The minimum Gasteiger partial charge on any atom is -0.463 e. The molecule has 3 N–H and O–H groups in total. The molecule has 0 radical (unpaired) electrons. The maximum atomic E-state index is 12.1. The van der Waals surface area contributed by atoms with Gasteiger partial charge in [0.05, 0.1) is 6.26 Å². The van der Waals surface area contributed by atoms with Crippen LogP contribution in [0, 0.1) is 0 Å². The molecule has 4 nitrogen and oxygen atoms in total. The van der Waals surface area contributed by atoms with Gasteiger partial charge in [0.25, 0.3) is 9.70 Å². The highest BCUT2D eigenvalue weighted by Crippen LogP contribution is 2.27. The average Bonchev–Trinajstić information content (AvgIpc) is 2.96. The molecule has 1 aromatic carbocycles. The molecular formula is C14H14Cl3N2O2+. The predicted octanol–water partition coefficient (Wildman–Crippen LogP) is 2.47. The van der Waals surface area contributed by atoms with Crippen LogP contribution in [0.25, 0.3) is 0 Å². The van der Waals surface area contributed by atoms with E-state index in [2.05, 4.69) is 5.32 Å². The molecular weight excluding hydrogens is 335 g/mol. The van der Waals surface area contributed by atoms with Crippen LogP contribution in [0.5, 0.6) is 0 Å². The van der Waals surface area contributed by atoms with E-state index in [9.17, 15) is 4.79 Å². The fourth-order valence-corrected chi connectivity index (χ4v) is 2.18. The van der Waals surface area contributed by atoms with Gasteiger partial charge in [-0.25, -0.2) is 0 Å². The van der Waals surface area contributed by atoms with Crippen molar-refractivity contribution < 1.29 is 14.5 Å². The number of rotatable bonds is 5. The lowest BCUT2D eigenvalue weighted by atomic mass is 10.2. The molecule has 0 unspecified atom stereocenters. The first-order valence-electron chi connectivity index (χ1n) is 6.25. The van der Waals surface area contributed by atoms with E-state index >= 15 is 0 Å². The number of hydrogen-bond acceptors (Lipinski definition) is 2. The van der Waals surface area contributed by atoms with Crippen LogP contribution in [0.4, 0.5) is 0 Å². The summed E-state index contributed by atoms with van der Waals surface area (Å²) in [6, 6.07) is 12.3. The topological polar surface area (TPSA) is 58.9 Å². The van der Waals surface area contributed by atoms with Gasteiger partial charge in [-0.1, -0.05) is 53.0 Å². The van der Waals surface area contributed by atoms with E-state index in [-0.39, 0.29) is 5.91 Å². The molecule has 0 aliphatic heterocycles. The lowest BCUT2D eigenvalue weighted by Crippen LogP contribution is -2.95. The maximum absolute atomic E-state index is 12.1. The number of carbonyl (C=O) groups excluding carboxylic acids is 1. The third-order valence-corrected chi connectivity index (χ3v) is 3.52. The molecule has 2 aromatic rings. The van der Waals surface area contributed by atoms with Gasteiger partial charge in [0.2, 0.25) is 6.17 Å². The van der Waals surface area contributed by atoms with Crippen molar-refractivity contribution in [1.82, 2.24) is 5.32 Å². The Bertz CT molecular complexity index is 568. The zero-order valence-electron chi connectivity index (χ0n) is 10.9. The van der Waals surface area contributed by atoms with Crippen LogP contribution >= 0.6 is 34.8 Å². The van der Waals surface area contributed by atoms with Crippen molar-refractivity contribution in [3.05, 3.63) is 60.1 Å². The van der Waals surface area contributed by atoms with E-state index in [0.717, 1.165) is 5.76 Å². The summed E-state index contributed by atoms with van der Waals surface area (Å²) in [4.78, 5) is 12.1. The summed E-state index contributed by atoms with van der Waals surface area (Å²) >= 11 is 17.8. The van der Waals surface area contributed by atoms with Crippen molar-refractivity contribution in [2.24, 2.45) is 0 Å². The van der Waals surface area contributed by atoms with E-state index < -0.39 is 9.96 Å². The Morgan fingerprint density at radius 3 is 2.48 bits per heavy atom. The molecule has 0 saturated heterocycles. The van der Waals surface area contributed by atoms with Crippen LogP contribution in [0.2, 0.25) is 0 Å². The summed E-state index contributed by atoms with van der Waals surface area (Å²) in [5.41, 5.74) is 0.503. The largest absolute Gasteiger partial charge is 0.463 e. The summed E-state index contributed by atoms with van der Waals surface area (Å²) in [5, 5.41) is 4.40. The monoisotopic (exact) mass is 347 g/mol. The second-order valence-corrected chi connectivity index (χ2v) is 6.75. The van der Waals surface area contributed by atoms with E-state index in [1.54, 1.807) is 41.9 Å². The van der Waals surface area contributed by atoms with Crippen molar-refractivity contribution >= 4 is 40.7 Å². The van der Waals surface area contributed by atoms with Crippen molar-refractivity contribution in [3.8, 4) is 0 Å². The van der Waals surface area contributed by atoms with E-state index in [4.69, 9.17) is 39.2 Å². The van der Waals surface area contributed by atoms with Gasteiger partial charge >= 0.3 is 0 Å². The van der Waals surface area contributed by atoms with Gasteiger partial charge in [-0.3, -0.25) is 10.1 Å². The number of benzene rings is 1. The SMILES string of the molecule is O=C(N[C@@H]([NH2+]Cc1ccco1)C(Cl)(Cl)Cl)c1ccccc1. The summed E-state index contributed by atoms with van der Waals surface area (Å²) in [5.74, 6) is 0.422. The van der Waals surface area contributed by atoms with Crippen molar-refractivity contribution in [2.45, 2.75) is 16.5 Å². The highest BCUT2D eigenvalue weighted by molar-refractivity contribution is 6.68. The predicted molar refractivity (Wildman–Crippen MR) is 82.3 cm³/mol. The molecule has 0 aliphatic rings. The van der Waals surface area contributed by atoms with Gasteiger partial charge in [-0.2, -0.15) is 0 Å². The molecule has 2 rings (SSSR count). The molecule has 1 heterocycles. The van der Waals surface area contributed by atoms with E-state index in [1.165, 1.54) is 0 Å². The molecule has 7 heteroatoms. The molecule has 21 heavy (non-hydrogen) atoms. The number of nitrogens with two attached hydrogens (primary N) is 1. The molecule has 1 atom stereocenters. The summed E-state index contributed by atoms with van der Waals surface area (Å²) in [6.45, 7) is 0.445. The fraction of sp³-hybridized carbons (Fsp3) is 0.214. The van der Waals surface area contributed by atoms with E-state index in [1.807, 2.05) is 12.1 Å². The molecule has 0 bridgehead atoms. The smallest absolute Gasteiger partial charge is 0.262 e. The van der Waals surface area contributed by atoms with Gasteiger partial charge in [-0.15, -0.1) is 0 Å². The summed E-state index contributed by atoms with van der Waals surface area (Å²) in [6.07, 6.45) is 0.830. The van der Waals surface area contributed by atoms with Crippen LogP contribution in [-0.2, 0) is 6.54 Å². The van der Waals surface area contributed by atoms with Crippen molar-refractivity contribution in [3.63, 3.8) is 0 Å². The van der Waals surface area contributed by atoms with Gasteiger partial charge in [0.15, 0.2) is 5.76 Å². The Labute approximate surface area is 137 Å². The number of hydrogen-bond donors (Lipinski definition) is 2. The minimum atomic E-state index is -1.64. The second-order valence-electron chi connectivity index (χ2n) is 4.38. The van der Waals surface area contributed by atoms with Crippen LogP contribution in [0.1, 0.15) is 16.1 Å². The number of nitrogens with one attached hydrogen (secondary N) is 1. The molecule has 0 aliphatic carbocycles. The molecule has 1 amide bonds. The lowest BCUT2D eigenvalue weighted by Gasteiger charge is -2.23. The van der Waals surface area contributed by atoms with Crippen LogP contribution in [-0.4, -0.2) is 15.9 Å². The van der Waals surface area contributed by atoms with Gasteiger partial charge in [0, 0.05) is 5.56 Å². The Kier molecular flexibility index (Phi) is 5.53. The van der Waals surface area contributed by atoms with Crippen LogP contribution in [0.3, 0.4) is 0 Å². The molecule has 0 saturated carbocycles. The fourth-order valence-electron chi connectivity index (χ4n) is 1.75. The first kappa shape index (κ1) is 16.2. The van der Waals surface area contributed by atoms with E-state index in [0.29, 0.717) is 12.1 Å². The lowest BCUT2D eigenvalue weighted by molar-refractivity contribution is -0.708. The normalized spacial score (nSPS) is 12.9. The number of alkyl halides is 3. The first-order valence-corrected chi connectivity index (χ1v) is 7.38. The average molecular weight is 349 g/mol. The first-order chi connectivity index (χ1) is 9.97. The number of halogens is 3. The molecule has 0 fully saturated rings. The van der Waals surface area contributed by atoms with Gasteiger partial charge in [-0.05, 0) is 24.3 Å². The zero-order valence-corrected chi connectivity index (χ0v) is 13.2. The van der Waals surface area contributed by atoms with Crippen LogP contribution < -0.4 is 10.6 Å². The highest BCUT2D eigenvalue weighted by Gasteiger charge is 2.37. The molecule has 0 spiro atoms. The van der Waals surface area contributed by atoms with Gasteiger partial charge < -0.3 is 9.73 Å². The Morgan fingerprint density at radius 2 is 1.90 bits per heavy atom. The standard InChI is InChI=1S/C14H13Cl3N2O2/c15-14(16,17)13(18-9-11-7-4-8-21-11)19-12(20)10-5-2-1-3-6-10/h1-8,13,18H,9H2,(H,19,20)/p+1/t13-/m1/s1. The number of amides is 1. The Morgan fingerprint density at radius 1 is 1.19 bits per heavy atom. The summed E-state index contributed by atoms with van der Waals surface area (Å²) < 4.78 is 3.57. The zero-order chi connectivity index (χ0) is 15.3. The van der Waals surface area contributed by atoms with Gasteiger partial charge in [0.1, 0.15) is 6.54 Å². The quantitative estimate of drug-likeness (QED) is 0.644. The van der Waals surface area contributed by atoms with Crippen LogP contribution in [0.15, 0.2) is 53.1 Å². The van der Waals surface area contributed by atoms with Crippen molar-refractivity contribution in [1.29, 1.82) is 0 Å². The number of furan rings is 1. The summed E-state index contributed by atoms with van der Waals surface area (Å²) in [7, 11) is 0. The Hall–Kier alpha value is -1.20. The highest BCUT2D eigenvalue weighted by atomic mass is 35.6.